The van der Waals surface area contributed by atoms with Gasteiger partial charge in [-0.25, -0.2) is 8.42 Å². The number of fused-ring (bicyclic) bond motifs is 2. The molecular weight excluding hydrogens is 384 g/mol. The Balaban J connectivity index is 1.92. The number of Topliss-reactive ketones (excluding diaryl/α,β-unsaturated/α-hetero) is 3. The zero-order valence-corrected chi connectivity index (χ0v) is 16.7. The summed E-state index contributed by atoms with van der Waals surface area (Å²) in [6.07, 6.45) is 1.01. The van der Waals surface area contributed by atoms with E-state index >= 15 is 0 Å². The molecule has 2 heterocycles. The maximum atomic E-state index is 13.2. The van der Waals surface area contributed by atoms with E-state index in [4.69, 9.17) is 9.47 Å². The van der Waals surface area contributed by atoms with Gasteiger partial charge in [0.25, 0.3) is 0 Å². The van der Waals surface area contributed by atoms with E-state index in [1.165, 1.54) is 6.07 Å². The van der Waals surface area contributed by atoms with Gasteiger partial charge in [-0.3, -0.25) is 14.4 Å². The molecule has 7 nitrogen and oxygen atoms in total. The number of ether oxygens (including phenoxy) is 2. The Labute approximate surface area is 163 Å². The highest BCUT2D eigenvalue weighted by molar-refractivity contribution is 7.91. The van der Waals surface area contributed by atoms with Crippen LogP contribution < -0.4 is 0 Å². The largest absolute Gasteiger partial charge is 0.343 e. The third-order valence-electron chi connectivity index (χ3n) is 5.89. The van der Waals surface area contributed by atoms with E-state index in [0.29, 0.717) is 36.3 Å². The van der Waals surface area contributed by atoms with Crippen LogP contribution in [0.2, 0.25) is 0 Å². The average molecular weight is 406 g/mol. The summed E-state index contributed by atoms with van der Waals surface area (Å²) in [6, 6.07) is 1.48. The molecule has 0 atom stereocenters. The Hall–Kier alpha value is -1.90. The molecule has 1 aromatic carbocycles. The van der Waals surface area contributed by atoms with Gasteiger partial charge in [0.15, 0.2) is 33.0 Å². The van der Waals surface area contributed by atoms with E-state index in [9.17, 15) is 22.8 Å². The lowest BCUT2D eigenvalue weighted by Gasteiger charge is -2.36. The highest BCUT2D eigenvalue weighted by Crippen LogP contribution is 2.47. The number of carbonyl (C=O) groups is 3. The number of aryl methyl sites for hydroxylation is 1. The zero-order valence-electron chi connectivity index (χ0n) is 15.9. The minimum Gasteiger partial charge on any atom is -0.343 e. The monoisotopic (exact) mass is 406 g/mol. The third-order valence-corrected chi connectivity index (χ3v) is 7.78. The van der Waals surface area contributed by atoms with Gasteiger partial charge in [-0.2, -0.15) is 0 Å². The van der Waals surface area contributed by atoms with Gasteiger partial charge < -0.3 is 9.47 Å². The highest BCUT2D eigenvalue weighted by Gasteiger charge is 2.49. The quantitative estimate of drug-likeness (QED) is 0.545. The molecule has 28 heavy (non-hydrogen) atoms. The van der Waals surface area contributed by atoms with Gasteiger partial charge in [0.2, 0.25) is 0 Å². The summed E-state index contributed by atoms with van der Waals surface area (Å²) in [6.45, 7) is 3.91. The number of benzene rings is 1. The molecule has 1 aromatic rings. The summed E-state index contributed by atoms with van der Waals surface area (Å²) in [4.78, 5) is 37.8. The van der Waals surface area contributed by atoms with Crippen molar-refractivity contribution in [2.45, 2.75) is 50.2 Å². The SMILES string of the molecule is Cc1cc(C(=O)C2C(=O)CCCC2=O)c(C)c2c1S(=O)(=O)CCC21OCCO1. The molecule has 1 spiro atoms. The lowest BCUT2D eigenvalue weighted by Crippen LogP contribution is -2.39. The lowest BCUT2D eigenvalue weighted by molar-refractivity contribution is -0.170. The van der Waals surface area contributed by atoms with Crippen molar-refractivity contribution < 1.29 is 32.3 Å². The van der Waals surface area contributed by atoms with Crippen LogP contribution in [0.25, 0.3) is 0 Å². The van der Waals surface area contributed by atoms with Crippen LogP contribution in [-0.4, -0.2) is 44.7 Å². The molecular formula is C20H22O7S. The fourth-order valence-corrected chi connectivity index (χ4v) is 6.51. The Bertz CT molecular complexity index is 984. The van der Waals surface area contributed by atoms with Crippen LogP contribution in [0.15, 0.2) is 11.0 Å². The molecule has 1 aliphatic carbocycles. The first-order valence-electron chi connectivity index (χ1n) is 9.43. The first kappa shape index (κ1) is 19.4. The number of sulfone groups is 1. The van der Waals surface area contributed by atoms with E-state index in [-0.39, 0.29) is 47.0 Å². The first-order chi connectivity index (χ1) is 13.2. The standard InChI is InChI=1S/C20H22O7S/c1-11-10-13(18(23)16-14(21)4-3-5-15(16)22)12(2)17-19(11)28(24,25)9-6-20(17)26-7-8-27-20/h10,16H,3-9H2,1-2H3. The Morgan fingerprint density at radius 3 is 2.32 bits per heavy atom. The molecule has 0 N–H and O–H groups in total. The summed E-state index contributed by atoms with van der Waals surface area (Å²) in [7, 11) is -3.55. The van der Waals surface area contributed by atoms with Gasteiger partial charge >= 0.3 is 0 Å². The highest BCUT2D eigenvalue weighted by atomic mass is 32.2. The first-order valence-corrected chi connectivity index (χ1v) is 11.1. The van der Waals surface area contributed by atoms with Crippen LogP contribution >= 0.6 is 0 Å². The van der Waals surface area contributed by atoms with Crippen molar-refractivity contribution in [3.05, 3.63) is 28.3 Å². The maximum absolute atomic E-state index is 13.2. The van der Waals surface area contributed by atoms with Crippen molar-refractivity contribution in [3.63, 3.8) is 0 Å². The molecule has 150 valence electrons. The number of ketones is 3. The molecule has 2 fully saturated rings. The summed E-state index contributed by atoms with van der Waals surface area (Å²) >= 11 is 0. The summed E-state index contributed by atoms with van der Waals surface area (Å²) in [5.41, 5.74) is 1.34. The van der Waals surface area contributed by atoms with Crippen molar-refractivity contribution >= 4 is 27.2 Å². The fourth-order valence-electron chi connectivity index (χ4n) is 4.60. The number of hydrogen-bond acceptors (Lipinski definition) is 7. The third kappa shape index (κ3) is 2.77. The molecule has 0 aromatic heterocycles. The fraction of sp³-hybridized carbons (Fsp3) is 0.550. The van der Waals surface area contributed by atoms with Crippen LogP contribution in [0.1, 0.15) is 52.7 Å². The van der Waals surface area contributed by atoms with Gasteiger partial charge in [-0.1, -0.05) is 0 Å². The average Bonchev–Trinajstić information content (AvgIpc) is 3.09. The van der Waals surface area contributed by atoms with Gasteiger partial charge in [-0.15, -0.1) is 0 Å². The van der Waals surface area contributed by atoms with E-state index in [2.05, 4.69) is 0 Å². The lowest BCUT2D eigenvalue weighted by atomic mass is 9.79. The van der Waals surface area contributed by atoms with Crippen LogP contribution in [-0.2, 0) is 34.7 Å². The minimum absolute atomic E-state index is 0.104. The predicted octanol–water partition coefficient (Wildman–Crippen LogP) is 1.80. The van der Waals surface area contributed by atoms with E-state index in [1.807, 2.05) is 0 Å². The second-order valence-corrected chi connectivity index (χ2v) is 9.72. The smallest absolute Gasteiger partial charge is 0.197 e. The van der Waals surface area contributed by atoms with Gasteiger partial charge in [-0.05, 0) is 37.5 Å². The van der Waals surface area contributed by atoms with E-state index < -0.39 is 27.3 Å². The van der Waals surface area contributed by atoms with Crippen molar-refractivity contribution in [2.75, 3.05) is 19.0 Å². The molecule has 8 heteroatoms. The van der Waals surface area contributed by atoms with Gasteiger partial charge in [0.1, 0.15) is 5.92 Å². The summed E-state index contributed by atoms with van der Waals surface area (Å²) < 4.78 is 37.2. The van der Waals surface area contributed by atoms with Crippen molar-refractivity contribution in [1.29, 1.82) is 0 Å². The Kier molecular flexibility index (Phi) is 4.56. The van der Waals surface area contributed by atoms with Crippen LogP contribution in [0.5, 0.6) is 0 Å². The van der Waals surface area contributed by atoms with Crippen LogP contribution in [0.4, 0.5) is 0 Å². The molecule has 0 amide bonds. The van der Waals surface area contributed by atoms with Crippen molar-refractivity contribution in [1.82, 2.24) is 0 Å². The van der Waals surface area contributed by atoms with Crippen LogP contribution in [0, 0.1) is 19.8 Å². The predicted molar refractivity (Wildman–Crippen MR) is 97.9 cm³/mol. The van der Waals surface area contributed by atoms with E-state index in [0.717, 1.165) is 0 Å². The second-order valence-electron chi connectivity index (χ2n) is 7.67. The molecule has 3 aliphatic rings. The molecule has 1 saturated carbocycles. The molecule has 2 aliphatic heterocycles. The molecule has 0 radical (unpaired) electrons. The molecule has 4 rings (SSSR count). The Morgan fingerprint density at radius 2 is 1.71 bits per heavy atom. The van der Waals surface area contributed by atoms with Crippen molar-refractivity contribution in [3.8, 4) is 0 Å². The summed E-state index contributed by atoms with van der Waals surface area (Å²) in [5, 5.41) is 0. The second kappa shape index (κ2) is 6.57. The normalized spacial score (nSPS) is 23.8. The minimum atomic E-state index is -3.55. The number of hydrogen-bond donors (Lipinski definition) is 0. The molecule has 1 saturated heterocycles. The Morgan fingerprint density at radius 1 is 1.11 bits per heavy atom. The van der Waals surface area contributed by atoms with E-state index in [1.54, 1.807) is 13.8 Å². The number of carbonyl (C=O) groups excluding carboxylic acids is 3. The van der Waals surface area contributed by atoms with Crippen LogP contribution in [0.3, 0.4) is 0 Å². The van der Waals surface area contributed by atoms with Crippen molar-refractivity contribution in [2.24, 2.45) is 5.92 Å². The maximum Gasteiger partial charge on any atom is 0.197 e. The van der Waals surface area contributed by atoms with Gasteiger partial charge in [0.05, 0.1) is 23.9 Å². The molecule has 0 bridgehead atoms. The topological polar surface area (TPSA) is 104 Å². The zero-order chi connectivity index (χ0) is 20.3. The van der Waals surface area contributed by atoms with Gasteiger partial charge in [0, 0.05) is 30.4 Å². The summed E-state index contributed by atoms with van der Waals surface area (Å²) in [5.74, 6) is -3.90. The number of rotatable bonds is 2. The molecule has 0 unspecified atom stereocenters.